The van der Waals surface area contributed by atoms with Gasteiger partial charge in [-0.2, -0.15) is 4.98 Å². The van der Waals surface area contributed by atoms with E-state index >= 15 is 0 Å². The van der Waals surface area contributed by atoms with Crippen LogP contribution in [0.2, 0.25) is 0 Å². The van der Waals surface area contributed by atoms with Crippen LogP contribution in [0.4, 0.5) is 4.39 Å². The van der Waals surface area contributed by atoms with E-state index in [2.05, 4.69) is 9.97 Å². The smallest absolute Gasteiger partial charge is 0.345 e. The van der Waals surface area contributed by atoms with Crippen LogP contribution < -0.4 is 5.69 Å². The van der Waals surface area contributed by atoms with E-state index in [0.29, 0.717) is 12.4 Å². The number of halogens is 1. The first-order valence-corrected chi connectivity index (χ1v) is 7.67. The van der Waals surface area contributed by atoms with Crippen molar-refractivity contribution in [3.8, 4) is 0 Å². The molecule has 6 heteroatoms. The van der Waals surface area contributed by atoms with Crippen LogP contribution in [-0.4, -0.2) is 21.8 Å². The number of hydrogen-bond donors (Lipinski definition) is 1. The van der Waals surface area contributed by atoms with Gasteiger partial charge in [0.2, 0.25) is 0 Å². The largest absolute Gasteiger partial charge is 0.374 e. The summed E-state index contributed by atoms with van der Waals surface area (Å²) in [6.45, 7) is 2.54. The van der Waals surface area contributed by atoms with Crippen molar-refractivity contribution >= 4 is 11.8 Å². The first-order valence-electron chi connectivity index (χ1n) is 6.68. The molecule has 0 aliphatic heterocycles. The van der Waals surface area contributed by atoms with E-state index in [1.165, 1.54) is 11.8 Å². The van der Waals surface area contributed by atoms with Crippen molar-refractivity contribution < 1.29 is 9.13 Å². The SMILES string of the molecule is CC(CCSc1[nH]c(=O)ncc1F)OCc1ccccc1. The maximum absolute atomic E-state index is 13.4. The molecule has 0 aliphatic carbocycles. The van der Waals surface area contributed by atoms with Crippen molar-refractivity contribution in [1.82, 2.24) is 9.97 Å². The van der Waals surface area contributed by atoms with Crippen LogP contribution in [0.5, 0.6) is 0 Å². The molecule has 1 aromatic heterocycles. The number of rotatable bonds is 7. The minimum absolute atomic E-state index is 0.0642. The van der Waals surface area contributed by atoms with Crippen LogP contribution in [0.15, 0.2) is 46.3 Å². The molecule has 2 rings (SSSR count). The van der Waals surface area contributed by atoms with Crippen molar-refractivity contribution in [2.24, 2.45) is 0 Å². The van der Waals surface area contributed by atoms with Crippen molar-refractivity contribution in [2.45, 2.75) is 31.1 Å². The number of aromatic amines is 1. The first-order chi connectivity index (χ1) is 10.1. The van der Waals surface area contributed by atoms with Crippen molar-refractivity contribution in [3.63, 3.8) is 0 Å². The van der Waals surface area contributed by atoms with E-state index in [9.17, 15) is 9.18 Å². The lowest BCUT2D eigenvalue weighted by atomic mass is 10.2. The fraction of sp³-hybridized carbons (Fsp3) is 0.333. The Bertz CT molecular complexity index is 619. The number of nitrogens with zero attached hydrogens (tertiary/aromatic N) is 1. The predicted octanol–water partition coefficient (Wildman–Crippen LogP) is 3.00. The van der Waals surface area contributed by atoms with Gasteiger partial charge in [0.15, 0.2) is 5.82 Å². The summed E-state index contributed by atoms with van der Waals surface area (Å²) < 4.78 is 19.1. The molecule has 21 heavy (non-hydrogen) atoms. The Kier molecular flexibility index (Phi) is 5.95. The summed E-state index contributed by atoms with van der Waals surface area (Å²) in [7, 11) is 0. The fourth-order valence-corrected chi connectivity index (χ4v) is 2.70. The van der Waals surface area contributed by atoms with Gasteiger partial charge >= 0.3 is 5.69 Å². The van der Waals surface area contributed by atoms with Gasteiger partial charge in [-0.3, -0.25) is 4.98 Å². The van der Waals surface area contributed by atoms with Gasteiger partial charge in [0.1, 0.15) is 5.03 Å². The van der Waals surface area contributed by atoms with Crippen LogP contribution >= 0.6 is 11.8 Å². The number of H-pyrrole nitrogens is 1. The van der Waals surface area contributed by atoms with Crippen LogP contribution in [0.25, 0.3) is 0 Å². The van der Waals surface area contributed by atoms with E-state index < -0.39 is 11.5 Å². The lowest BCUT2D eigenvalue weighted by Crippen LogP contribution is -2.12. The molecule has 4 nitrogen and oxygen atoms in total. The predicted molar refractivity (Wildman–Crippen MR) is 80.8 cm³/mol. The molecule has 0 saturated carbocycles. The molecule has 0 fully saturated rings. The maximum atomic E-state index is 13.4. The van der Waals surface area contributed by atoms with Crippen LogP contribution in [0.1, 0.15) is 18.9 Å². The summed E-state index contributed by atoms with van der Waals surface area (Å²) in [5, 5.41) is 0.227. The number of nitrogens with one attached hydrogen (secondary N) is 1. The van der Waals surface area contributed by atoms with Crippen LogP contribution in [-0.2, 0) is 11.3 Å². The van der Waals surface area contributed by atoms with Gasteiger partial charge in [-0.1, -0.05) is 30.3 Å². The maximum Gasteiger partial charge on any atom is 0.345 e. The Hall–Kier alpha value is -1.66. The normalized spacial score (nSPS) is 12.3. The second kappa shape index (κ2) is 7.95. The van der Waals surface area contributed by atoms with Gasteiger partial charge < -0.3 is 4.74 Å². The molecular formula is C15H17FN2O2S. The molecule has 112 valence electrons. The minimum Gasteiger partial charge on any atom is -0.374 e. The Morgan fingerprint density at radius 1 is 1.38 bits per heavy atom. The highest BCUT2D eigenvalue weighted by atomic mass is 32.2. The van der Waals surface area contributed by atoms with Crippen LogP contribution in [0, 0.1) is 5.82 Å². The first kappa shape index (κ1) is 15.7. The summed E-state index contributed by atoms with van der Waals surface area (Å²) in [6, 6.07) is 9.94. The number of ether oxygens (including phenoxy) is 1. The van der Waals surface area contributed by atoms with Gasteiger partial charge in [-0.25, -0.2) is 9.18 Å². The molecular weight excluding hydrogens is 291 g/mol. The van der Waals surface area contributed by atoms with E-state index in [1.54, 1.807) is 0 Å². The average Bonchev–Trinajstić information content (AvgIpc) is 2.50. The van der Waals surface area contributed by atoms with Crippen molar-refractivity contribution in [1.29, 1.82) is 0 Å². The number of thioether (sulfide) groups is 1. The zero-order valence-corrected chi connectivity index (χ0v) is 12.5. The molecule has 0 spiro atoms. The zero-order valence-electron chi connectivity index (χ0n) is 11.7. The Morgan fingerprint density at radius 3 is 2.90 bits per heavy atom. The third-order valence-corrected chi connectivity index (χ3v) is 3.91. The molecule has 1 heterocycles. The van der Waals surface area contributed by atoms with E-state index in [1.807, 2.05) is 37.3 Å². The molecule has 1 atom stereocenters. The third kappa shape index (κ3) is 5.32. The Labute approximate surface area is 126 Å². The highest BCUT2D eigenvalue weighted by molar-refractivity contribution is 7.99. The molecule has 0 amide bonds. The highest BCUT2D eigenvalue weighted by Gasteiger charge is 2.07. The molecule has 0 bridgehead atoms. The Morgan fingerprint density at radius 2 is 2.14 bits per heavy atom. The van der Waals surface area contributed by atoms with Gasteiger partial charge in [0.05, 0.1) is 18.9 Å². The summed E-state index contributed by atoms with van der Waals surface area (Å²) >= 11 is 1.26. The summed E-state index contributed by atoms with van der Waals surface area (Å²) in [5.41, 5.74) is 0.591. The molecule has 0 aliphatic rings. The summed E-state index contributed by atoms with van der Waals surface area (Å²) in [4.78, 5) is 16.7. The Balaban J connectivity index is 1.73. The number of aromatic nitrogens is 2. The monoisotopic (exact) mass is 308 g/mol. The molecule has 1 N–H and O–H groups in total. The molecule has 1 unspecified atom stereocenters. The van der Waals surface area contributed by atoms with E-state index in [-0.39, 0.29) is 11.1 Å². The van der Waals surface area contributed by atoms with E-state index in [0.717, 1.165) is 18.2 Å². The average molecular weight is 308 g/mol. The second-order valence-electron chi connectivity index (χ2n) is 4.61. The molecule has 2 aromatic rings. The molecule has 0 radical (unpaired) electrons. The van der Waals surface area contributed by atoms with Crippen molar-refractivity contribution in [3.05, 3.63) is 58.4 Å². The van der Waals surface area contributed by atoms with Crippen molar-refractivity contribution in [2.75, 3.05) is 5.75 Å². The summed E-state index contributed by atoms with van der Waals surface area (Å²) in [6.07, 6.45) is 1.77. The minimum atomic E-state index is -0.535. The summed E-state index contributed by atoms with van der Waals surface area (Å²) in [5.74, 6) is 0.157. The molecule has 1 aromatic carbocycles. The zero-order chi connectivity index (χ0) is 15.1. The topological polar surface area (TPSA) is 55.0 Å². The van der Waals surface area contributed by atoms with Gasteiger partial charge in [-0.05, 0) is 18.9 Å². The lowest BCUT2D eigenvalue weighted by molar-refractivity contribution is 0.0516. The fourth-order valence-electron chi connectivity index (χ4n) is 1.69. The number of hydrogen-bond acceptors (Lipinski definition) is 4. The van der Waals surface area contributed by atoms with Gasteiger partial charge in [0, 0.05) is 5.75 Å². The van der Waals surface area contributed by atoms with Gasteiger partial charge in [-0.15, -0.1) is 11.8 Å². The highest BCUT2D eigenvalue weighted by Crippen LogP contribution is 2.19. The number of benzene rings is 1. The van der Waals surface area contributed by atoms with Gasteiger partial charge in [0.25, 0.3) is 0 Å². The third-order valence-electron chi connectivity index (χ3n) is 2.88. The standard InChI is InChI=1S/C15H17FN2O2S/c1-11(20-10-12-5-3-2-4-6-12)7-8-21-14-13(16)9-17-15(19)18-14/h2-6,9,11H,7-8,10H2,1H3,(H,17,18,19). The molecule has 0 saturated heterocycles. The lowest BCUT2D eigenvalue weighted by Gasteiger charge is -2.12. The quantitative estimate of drug-likeness (QED) is 0.631. The van der Waals surface area contributed by atoms with E-state index in [4.69, 9.17) is 4.74 Å². The van der Waals surface area contributed by atoms with Crippen LogP contribution in [0.3, 0.4) is 0 Å². The second-order valence-corrected chi connectivity index (χ2v) is 5.71.